The summed E-state index contributed by atoms with van der Waals surface area (Å²) in [4.78, 5) is 25.4. The second-order valence-corrected chi connectivity index (χ2v) is 8.31. The number of halogens is 3. The molecule has 0 atom stereocenters. The van der Waals surface area contributed by atoms with E-state index in [1.54, 1.807) is 11.3 Å². The van der Waals surface area contributed by atoms with E-state index in [0.29, 0.717) is 6.54 Å². The van der Waals surface area contributed by atoms with Crippen molar-refractivity contribution < 1.29 is 32.6 Å². The molecule has 0 aromatic carbocycles. The van der Waals surface area contributed by atoms with Crippen molar-refractivity contribution in [3.05, 3.63) is 34.8 Å². The van der Waals surface area contributed by atoms with E-state index < -0.39 is 12.1 Å². The van der Waals surface area contributed by atoms with Crippen LogP contribution < -0.4 is 4.90 Å². The number of hydrogen-bond acceptors (Lipinski definition) is 6. The summed E-state index contributed by atoms with van der Waals surface area (Å²) in [5.41, 5.74) is 2.06. The molecule has 0 bridgehead atoms. The summed E-state index contributed by atoms with van der Waals surface area (Å²) in [6.07, 6.45) is 0.833. The number of aromatic nitrogens is 2. The molecule has 1 spiro atoms. The molecule has 4 heterocycles. The zero-order valence-electron chi connectivity index (χ0n) is 16.8. The first kappa shape index (κ1) is 23.2. The Kier molecular flexibility index (Phi) is 7.02. The molecular weight excluding hydrogens is 437 g/mol. The zero-order chi connectivity index (χ0) is 22.6. The highest BCUT2D eigenvalue weighted by Crippen LogP contribution is 2.33. The summed E-state index contributed by atoms with van der Waals surface area (Å²) >= 11 is 1.62. The van der Waals surface area contributed by atoms with E-state index in [1.165, 1.54) is 5.56 Å². The average Bonchev–Trinajstić information content (AvgIpc) is 3.38. The van der Waals surface area contributed by atoms with Crippen molar-refractivity contribution in [2.24, 2.45) is 7.05 Å². The quantitative estimate of drug-likeness (QED) is 0.758. The van der Waals surface area contributed by atoms with E-state index in [-0.39, 0.29) is 18.1 Å². The number of piperidine rings is 1. The van der Waals surface area contributed by atoms with Crippen LogP contribution in [0.5, 0.6) is 0 Å². The number of morpholine rings is 1. The Morgan fingerprint density at radius 1 is 1.35 bits per heavy atom. The predicted molar refractivity (Wildman–Crippen MR) is 107 cm³/mol. The Balaban J connectivity index is 0.000000339. The van der Waals surface area contributed by atoms with Gasteiger partial charge < -0.3 is 14.7 Å². The highest BCUT2D eigenvalue weighted by molar-refractivity contribution is 7.08. The van der Waals surface area contributed by atoms with Gasteiger partial charge in [-0.1, -0.05) is 0 Å². The second kappa shape index (κ2) is 9.37. The van der Waals surface area contributed by atoms with Gasteiger partial charge in [-0.2, -0.15) is 29.6 Å². The molecule has 4 rings (SSSR count). The number of carbonyl (C=O) groups is 2. The molecule has 2 aliphatic rings. The van der Waals surface area contributed by atoms with Gasteiger partial charge in [0.15, 0.2) is 0 Å². The fourth-order valence-electron chi connectivity index (χ4n) is 3.59. The molecule has 1 N–H and O–H groups in total. The van der Waals surface area contributed by atoms with Crippen LogP contribution in [0.1, 0.15) is 18.4 Å². The first-order valence-electron chi connectivity index (χ1n) is 9.54. The van der Waals surface area contributed by atoms with Gasteiger partial charge in [0.2, 0.25) is 0 Å². The van der Waals surface area contributed by atoms with Crippen molar-refractivity contribution in [1.29, 1.82) is 0 Å². The number of aliphatic carboxylic acids is 1. The number of carboxylic acids is 1. The third-order valence-corrected chi connectivity index (χ3v) is 5.91. The molecule has 8 nitrogen and oxygen atoms in total. The van der Waals surface area contributed by atoms with Gasteiger partial charge in [0.05, 0.1) is 24.0 Å². The van der Waals surface area contributed by atoms with Crippen LogP contribution in [-0.2, 0) is 27.9 Å². The lowest BCUT2D eigenvalue weighted by Gasteiger charge is -2.46. The van der Waals surface area contributed by atoms with Crippen LogP contribution in [0.15, 0.2) is 29.2 Å². The number of likely N-dealkylation sites (tertiary alicyclic amines) is 1. The van der Waals surface area contributed by atoms with Crippen molar-refractivity contribution in [3.63, 3.8) is 0 Å². The average molecular weight is 460 g/mol. The maximum atomic E-state index is 12.2. The summed E-state index contributed by atoms with van der Waals surface area (Å²) in [7, 11) is 1.95. The molecule has 0 saturated carbocycles. The van der Waals surface area contributed by atoms with Gasteiger partial charge in [-0.3, -0.25) is 14.4 Å². The van der Waals surface area contributed by atoms with Crippen LogP contribution in [0.2, 0.25) is 0 Å². The fraction of sp³-hybridized carbons (Fsp3) is 0.526. The van der Waals surface area contributed by atoms with E-state index >= 15 is 0 Å². The third-order valence-electron chi connectivity index (χ3n) is 5.24. The van der Waals surface area contributed by atoms with Gasteiger partial charge in [-0.25, -0.2) is 4.79 Å². The Morgan fingerprint density at radius 3 is 2.55 bits per heavy atom. The molecular formula is C19H23F3N4O4S. The molecule has 2 fully saturated rings. The first-order valence-corrected chi connectivity index (χ1v) is 10.5. The monoisotopic (exact) mass is 460 g/mol. The molecule has 2 aliphatic heterocycles. The van der Waals surface area contributed by atoms with E-state index in [9.17, 15) is 18.0 Å². The molecule has 0 aliphatic carbocycles. The van der Waals surface area contributed by atoms with Gasteiger partial charge in [0.1, 0.15) is 6.61 Å². The highest BCUT2D eigenvalue weighted by atomic mass is 32.1. The maximum absolute atomic E-state index is 12.2. The number of carboxylic acid groups (broad SMARTS) is 1. The van der Waals surface area contributed by atoms with Gasteiger partial charge in [0.25, 0.3) is 5.91 Å². The lowest BCUT2D eigenvalue weighted by atomic mass is 9.89. The maximum Gasteiger partial charge on any atom is 0.490 e. The van der Waals surface area contributed by atoms with E-state index in [0.717, 1.165) is 38.2 Å². The summed E-state index contributed by atoms with van der Waals surface area (Å²) < 4.78 is 39.6. The van der Waals surface area contributed by atoms with E-state index in [1.807, 2.05) is 39.7 Å². The van der Waals surface area contributed by atoms with Crippen LogP contribution in [0.25, 0.3) is 0 Å². The van der Waals surface area contributed by atoms with Crippen molar-refractivity contribution >= 4 is 28.9 Å². The zero-order valence-corrected chi connectivity index (χ0v) is 17.7. The molecule has 170 valence electrons. The number of aryl methyl sites for hydroxylation is 1. The summed E-state index contributed by atoms with van der Waals surface area (Å²) in [6.45, 7) is 3.76. The van der Waals surface area contributed by atoms with Crippen LogP contribution >= 0.6 is 11.3 Å². The summed E-state index contributed by atoms with van der Waals surface area (Å²) in [5, 5.41) is 15.4. The number of carbonyl (C=O) groups excluding carboxylic acids is 1. The van der Waals surface area contributed by atoms with Crippen molar-refractivity contribution in [2.45, 2.75) is 31.2 Å². The van der Waals surface area contributed by atoms with E-state index in [2.05, 4.69) is 16.2 Å². The molecule has 12 heteroatoms. The van der Waals surface area contributed by atoms with Crippen LogP contribution in [0.4, 0.5) is 18.9 Å². The number of hydrogen-bond donors (Lipinski definition) is 1. The van der Waals surface area contributed by atoms with Gasteiger partial charge >= 0.3 is 12.1 Å². The third kappa shape index (κ3) is 6.05. The topological polar surface area (TPSA) is 87.9 Å². The SMILES string of the molecule is Cn1cc(CN2CCC3(CC2)CN(c2ccsc2)C(=O)CO3)cn1.O=C(O)C(F)(F)F. The van der Waals surface area contributed by atoms with Crippen molar-refractivity contribution in [2.75, 3.05) is 31.1 Å². The standard InChI is InChI=1S/C17H22N4O2S.C2HF3O2/c1-19-9-14(8-18-19)10-20-5-3-17(4-6-20)13-21(16(22)11-23-17)15-2-7-24-12-15;3-2(4,5)1(6)7/h2,7-9,12H,3-6,10-11,13H2,1H3;(H,6,7). The molecule has 1 amide bonds. The number of amides is 1. The molecule has 2 aromatic rings. The Bertz CT molecular complexity index is 892. The lowest BCUT2D eigenvalue weighted by molar-refractivity contribution is -0.192. The lowest BCUT2D eigenvalue weighted by Crippen LogP contribution is -2.58. The second-order valence-electron chi connectivity index (χ2n) is 7.53. The van der Waals surface area contributed by atoms with Crippen LogP contribution in [-0.4, -0.2) is 69.7 Å². The Hall–Kier alpha value is -2.44. The smallest absolute Gasteiger partial charge is 0.475 e. The number of thiophene rings is 1. The Morgan fingerprint density at radius 2 is 2.03 bits per heavy atom. The minimum atomic E-state index is -5.08. The molecule has 2 saturated heterocycles. The van der Waals surface area contributed by atoms with E-state index in [4.69, 9.17) is 14.6 Å². The van der Waals surface area contributed by atoms with Crippen molar-refractivity contribution in [1.82, 2.24) is 14.7 Å². The molecule has 2 aromatic heterocycles. The van der Waals surface area contributed by atoms with Gasteiger partial charge in [-0.15, -0.1) is 0 Å². The highest BCUT2D eigenvalue weighted by Gasteiger charge is 2.42. The number of nitrogens with zero attached hydrogens (tertiary/aromatic N) is 4. The number of ether oxygens (including phenoxy) is 1. The normalized spacial score (nSPS) is 19.2. The minimum absolute atomic E-state index is 0.0665. The van der Waals surface area contributed by atoms with Gasteiger partial charge in [0, 0.05) is 43.8 Å². The Labute approximate surface area is 180 Å². The van der Waals surface area contributed by atoms with Crippen LogP contribution in [0, 0.1) is 0 Å². The summed E-state index contributed by atoms with van der Waals surface area (Å²) in [6, 6.07) is 2.01. The number of alkyl halides is 3. The summed E-state index contributed by atoms with van der Waals surface area (Å²) in [5.74, 6) is -2.69. The van der Waals surface area contributed by atoms with Crippen LogP contribution in [0.3, 0.4) is 0 Å². The first-order chi connectivity index (χ1) is 14.6. The van der Waals surface area contributed by atoms with Gasteiger partial charge in [-0.05, 0) is 24.3 Å². The predicted octanol–water partition coefficient (Wildman–Crippen LogP) is 2.51. The molecule has 0 radical (unpaired) electrons. The largest absolute Gasteiger partial charge is 0.490 e. The fourth-order valence-corrected chi connectivity index (χ4v) is 4.24. The number of anilines is 1. The number of rotatable bonds is 3. The van der Waals surface area contributed by atoms with Crippen molar-refractivity contribution in [3.8, 4) is 0 Å². The molecule has 31 heavy (non-hydrogen) atoms. The molecule has 0 unspecified atom stereocenters. The minimum Gasteiger partial charge on any atom is -0.475 e.